The Hall–Kier alpha value is -3.03. The third-order valence-corrected chi connectivity index (χ3v) is 6.05. The van der Waals surface area contributed by atoms with Crippen LogP contribution in [0.15, 0.2) is 48.0 Å². The number of halogens is 1. The number of aliphatic hydroxyl groups excluding tert-OH is 1. The van der Waals surface area contributed by atoms with Crippen molar-refractivity contribution in [2.75, 3.05) is 4.90 Å². The molecular weight excluding hydrogens is 422 g/mol. The van der Waals surface area contributed by atoms with Gasteiger partial charge in [-0.1, -0.05) is 52.8 Å². The van der Waals surface area contributed by atoms with Crippen molar-refractivity contribution >= 4 is 45.5 Å². The molecule has 0 aliphatic carbocycles. The summed E-state index contributed by atoms with van der Waals surface area (Å²) in [4.78, 5) is 27.4. The number of carbonyl (C=O) groups is 2. The predicted octanol–water partition coefficient (Wildman–Crippen LogP) is 4.74. The average molecular weight is 440 g/mol. The van der Waals surface area contributed by atoms with Crippen LogP contribution in [0.25, 0.3) is 5.76 Å². The van der Waals surface area contributed by atoms with Gasteiger partial charge in [0.15, 0.2) is 0 Å². The summed E-state index contributed by atoms with van der Waals surface area (Å²) < 4.78 is 0. The quantitative estimate of drug-likeness (QED) is 0.362. The molecule has 1 aromatic heterocycles. The fourth-order valence-electron chi connectivity index (χ4n) is 3.54. The zero-order chi connectivity index (χ0) is 21.6. The molecule has 1 atom stereocenters. The highest BCUT2D eigenvalue weighted by Gasteiger charge is 2.48. The second-order valence-electron chi connectivity index (χ2n) is 7.15. The number of Topliss-reactive ketones (excluding diaryl/α,β-unsaturated/α-hetero) is 1. The summed E-state index contributed by atoms with van der Waals surface area (Å²) in [6.45, 7) is 5.50. The second kappa shape index (κ2) is 7.66. The van der Waals surface area contributed by atoms with E-state index in [0.717, 1.165) is 11.1 Å². The normalized spacial score (nSPS) is 18.3. The molecule has 1 amide bonds. The van der Waals surface area contributed by atoms with Crippen LogP contribution < -0.4 is 4.90 Å². The smallest absolute Gasteiger partial charge is 0.301 e. The maximum absolute atomic E-state index is 13.1. The van der Waals surface area contributed by atoms with E-state index in [0.29, 0.717) is 26.3 Å². The van der Waals surface area contributed by atoms with Gasteiger partial charge in [-0.3, -0.25) is 14.5 Å². The number of hydrogen-bond donors (Lipinski definition) is 1. The van der Waals surface area contributed by atoms with Crippen molar-refractivity contribution in [1.82, 2.24) is 10.2 Å². The highest BCUT2D eigenvalue weighted by atomic mass is 35.5. The minimum Gasteiger partial charge on any atom is -0.507 e. The minimum absolute atomic E-state index is 0.00354. The fraction of sp³-hybridized carbons (Fsp3) is 0.182. The SMILES string of the molecule is Cc1ccc(C)c(C(O)=C2C(=O)C(=O)N(c3nnc(C)s3)C2c2cccc(Cl)c2)c1. The topological polar surface area (TPSA) is 83.4 Å². The van der Waals surface area contributed by atoms with Gasteiger partial charge in [0.2, 0.25) is 5.13 Å². The molecule has 1 fully saturated rings. The van der Waals surface area contributed by atoms with Gasteiger partial charge in [0.05, 0.1) is 11.6 Å². The van der Waals surface area contributed by atoms with Crippen LogP contribution >= 0.6 is 22.9 Å². The third-order valence-electron chi connectivity index (χ3n) is 4.98. The van der Waals surface area contributed by atoms with E-state index in [1.54, 1.807) is 37.3 Å². The first-order chi connectivity index (χ1) is 14.3. The second-order valence-corrected chi connectivity index (χ2v) is 8.74. The molecule has 1 N–H and O–H groups in total. The van der Waals surface area contributed by atoms with Crippen molar-refractivity contribution in [3.8, 4) is 0 Å². The Balaban J connectivity index is 1.99. The summed E-state index contributed by atoms with van der Waals surface area (Å²) in [6, 6.07) is 11.6. The van der Waals surface area contributed by atoms with E-state index in [4.69, 9.17) is 11.6 Å². The fourth-order valence-corrected chi connectivity index (χ4v) is 4.45. The van der Waals surface area contributed by atoms with Crippen molar-refractivity contribution < 1.29 is 14.7 Å². The van der Waals surface area contributed by atoms with E-state index in [-0.39, 0.29) is 11.3 Å². The molecule has 6 nitrogen and oxygen atoms in total. The molecule has 0 spiro atoms. The van der Waals surface area contributed by atoms with Crippen LogP contribution in [0.3, 0.4) is 0 Å². The Morgan fingerprint density at radius 1 is 1.10 bits per heavy atom. The number of nitrogens with zero attached hydrogens (tertiary/aromatic N) is 3. The largest absolute Gasteiger partial charge is 0.507 e. The highest BCUT2D eigenvalue weighted by Crippen LogP contribution is 2.43. The lowest BCUT2D eigenvalue weighted by molar-refractivity contribution is -0.132. The lowest BCUT2D eigenvalue weighted by atomic mass is 9.93. The summed E-state index contributed by atoms with van der Waals surface area (Å²) in [5.41, 5.74) is 2.83. The van der Waals surface area contributed by atoms with Crippen LogP contribution in [0, 0.1) is 20.8 Å². The first kappa shape index (κ1) is 20.3. The number of aryl methyl sites for hydroxylation is 3. The Labute approximate surface area is 182 Å². The van der Waals surface area contributed by atoms with Gasteiger partial charge in [0.1, 0.15) is 10.8 Å². The highest BCUT2D eigenvalue weighted by molar-refractivity contribution is 7.15. The summed E-state index contributed by atoms with van der Waals surface area (Å²) >= 11 is 7.39. The maximum atomic E-state index is 13.1. The summed E-state index contributed by atoms with van der Waals surface area (Å²) in [5, 5.41) is 20.6. The van der Waals surface area contributed by atoms with Crippen molar-refractivity contribution in [3.63, 3.8) is 0 Å². The number of aliphatic hydroxyl groups is 1. The van der Waals surface area contributed by atoms with Crippen molar-refractivity contribution in [3.05, 3.63) is 80.3 Å². The molecular formula is C22H18ClN3O3S. The van der Waals surface area contributed by atoms with Crippen LogP contribution in [0.1, 0.15) is 33.3 Å². The van der Waals surface area contributed by atoms with E-state index >= 15 is 0 Å². The molecule has 1 aliphatic heterocycles. The van der Waals surface area contributed by atoms with Gasteiger partial charge in [-0.2, -0.15) is 0 Å². The van der Waals surface area contributed by atoms with Gasteiger partial charge >= 0.3 is 5.91 Å². The number of aromatic nitrogens is 2. The molecule has 4 rings (SSSR count). The molecule has 8 heteroatoms. The molecule has 30 heavy (non-hydrogen) atoms. The number of carbonyl (C=O) groups excluding carboxylic acids is 2. The number of rotatable bonds is 3. The predicted molar refractivity (Wildman–Crippen MR) is 117 cm³/mol. The average Bonchev–Trinajstić information content (AvgIpc) is 3.24. The van der Waals surface area contributed by atoms with E-state index in [1.807, 2.05) is 26.0 Å². The van der Waals surface area contributed by atoms with Crippen molar-refractivity contribution in [2.45, 2.75) is 26.8 Å². The van der Waals surface area contributed by atoms with Crippen molar-refractivity contribution in [1.29, 1.82) is 0 Å². The zero-order valence-electron chi connectivity index (χ0n) is 16.5. The molecule has 2 heterocycles. The number of anilines is 1. The minimum atomic E-state index is -0.865. The van der Waals surface area contributed by atoms with Gasteiger partial charge in [-0.15, -0.1) is 10.2 Å². The Morgan fingerprint density at radius 3 is 2.53 bits per heavy atom. The molecule has 152 valence electrons. The number of hydrogen-bond acceptors (Lipinski definition) is 6. The maximum Gasteiger partial charge on any atom is 0.301 e. The molecule has 1 unspecified atom stereocenters. The number of ketones is 1. The monoisotopic (exact) mass is 439 g/mol. The summed E-state index contributed by atoms with van der Waals surface area (Å²) in [7, 11) is 0. The van der Waals surface area contributed by atoms with Crippen LogP contribution in [-0.4, -0.2) is 27.0 Å². The van der Waals surface area contributed by atoms with Crippen LogP contribution in [-0.2, 0) is 9.59 Å². The van der Waals surface area contributed by atoms with Crippen LogP contribution in [0.5, 0.6) is 0 Å². The standard InChI is InChI=1S/C22H18ClN3O3S/c1-11-7-8-12(2)16(9-11)19(27)17-18(14-5-4-6-15(23)10-14)26(21(29)20(17)28)22-25-24-13(3)30-22/h4-10,18,27H,1-3H3. The van der Waals surface area contributed by atoms with E-state index in [9.17, 15) is 14.7 Å². The van der Waals surface area contributed by atoms with Gasteiger partial charge in [0.25, 0.3) is 5.78 Å². The van der Waals surface area contributed by atoms with Gasteiger partial charge < -0.3 is 5.11 Å². The summed E-state index contributed by atoms with van der Waals surface area (Å²) in [6.07, 6.45) is 0. The molecule has 3 aromatic rings. The Kier molecular flexibility index (Phi) is 5.17. The number of benzene rings is 2. The molecule has 1 aliphatic rings. The molecule has 0 bridgehead atoms. The van der Waals surface area contributed by atoms with Crippen LogP contribution in [0.2, 0.25) is 5.02 Å². The van der Waals surface area contributed by atoms with E-state index in [2.05, 4.69) is 10.2 Å². The van der Waals surface area contributed by atoms with Gasteiger partial charge in [0, 0.05) is 10.6 Å². The molecule has 1 saturated heterocycles. The van der Waals surface area contributed by atoms with E-state index < -0.39 is 17.7 Å². The lowest BCUT2D eigenvalue weighted by Gasteiger charge is -2.23. The Morgan fingerprint density at radius 2 is 1.87 bits per heavy atom. The first-order valence-electron chi connectivity index (χ1n) is 9.22. The van der Waals surface area contributed by atoms with Crippen LogP contribution in [0.4, 0.5) is 5.13 Å². The van der Waals surface area contributed by atoms with Gasteiger partial charge in [-0.25, -0.2) is 0 Å². The van der Waals surface area contributed by atoms with Gasteiger partial charge in [-0.05, 0) is 50.1 Å². The van der Waals surface area contributed by atoms with E-state index in [1.165, 1.54) is 16.2 Å². The molecule has 2 aromatic carbocycles. The third kappa shape index (κ3) is 3.40. The first-order valence-corrected chi connectivity index (χ1v) is 10.4. The van der Waals surface area contributed by atoms with Crippen molar-refractivity contribution in [2.24, 2.45) is 0 Å². The lowest BCUT2D eigenvalue weighted by Crippen LogP contribution is -2.29. The molecule has 0 radical (unpaired) electrons. The molecule has 0 saturated carbocycles. The number of amides is 1. The zero-order valence-corrected chi connectivity index (χ0v) is 18.1. The Bertz CT molecular complexity index is 1220. The summed E-state index contributed by atoms with van der Waals surface area (Å²) in [5.74, 6) is -1.75.